The van der Waals surface area contributed by atoms with Crippen molar-refractivity contribution in [3.8, 4) is 0 Å². The van der Waals surface area contributed by atoms with E-state index in [-0.39, 0.29) is 11.8 Å². The molecular weight excluding hydrogens is 236 g/mol. The fourth-order valence-corrected chi connectivity index (χ4v) is 1.92. The molecule has 0 atom stereocenters. The molecule has 0 unspecified atom stereocenters. The minimum absolute atomic E-state index is 0.125. The van der Waals surface area contributed by atoms with Gasteiger partial charge in [0.2, 0.25) is 11.8 Å². The third-order valence-corrected chi connectivity index (χ3v) is 3.01. The Morgan fingerprint density at radius 2 is 1.06 bits per heavy atom. The van der Waals surface area contributed by atoms with Gasteiger partial charge in [0.05, 0.1) is 26.4 Å². The largest absolute Gasteiger partial charge is 0.378 e. The van der Waals surface area contributed by atoms with Crippen LogP contribution in [0.5, 0.6) is 0 Å². The zero-order chi connectivity index (χ0) is 12.8. The Morgan fingerprint density at radius 3 is 1.39 bits per heavy atom. The summed E-state index contributed by atoms with van der Waals surface area (Å²) in [6.07, 6.45) is 2.70. The highest BCUT2D eigenvalue weighted by Gasteiger charge is 2.17. The van der Waals surface area contributed by atoms with Crippen LogP contribution in [0.15, 0.2) is 12.2 Å². The topological polar surface area (TPSA) is 59.1 Å². The fourth-order valence-electron chi connectivity index (χ4n) is 1.92. The maximum Gasteiger partial charge on any atom is 0.246 e. The van der Waals surface area contributed by atoms with Crippen molar-refractivity contribution in [2.24, 2.45) is 0 Å². The number of ether oxygens (including phenoxy) is 2. The lowest BCUT2D eigenvalue weighted by molar-refractivity contribution is -0.132. The summed E-state index contributed by atoms with van der Waals surface area (Å²) in [6.45, 7) is 4.63. The van der Waals surface area contributed by atoms with Crippen molar-refractivity contribution in [1.82, 2.24) is 9.80 Å². The van der Waals surface area contributed by atoms with Gasteiger partial charge in [-0.2, -0.15) is 0 Å². The molecule has 0 aliphatic carbocycles. The van der Waals surface area contributed by atoms with Crippen molar-refractivity contribution in [2.45, 2.75) is 0 Å². The Labute approximate surface area is 106 Å². The summed E-state index contributed by atoms with van der Waals surface area (Å²) < 4.78 is 10.3. The van der Waals surface area contributed by atoms with Crippen LogP contribution in [0.4, 0.5) is 0 Å². The highest BCUT2D eigenvalue weighted by molar-refractivity contribution is 5.96. The number of carbonyl (C=O) groups is 2. The normalized spacial score (nSPS) is 21.3. The number of hydrogen-bond acceptors (Lipinski definition) is 4. The van der Waals surface area contributed by atoms with Crippen LogP contribution in [-0.2, 0) is 19.1 Å². The molecular formula is C12H18N2O4. The van der Waals surface area contributed by atoms with Gasteiger partial charge in [-0.15, -0.1) is 0 Å². The molecule has 2 aliphatic heterocycles. The number of morpholine rings is 2. The van der Waals surface area contributed by atoms with E-state index in [2.05, 4.69) is 0 Å². The van der Waals surface area contributed by atoms with Gasteiger partial charge in [0.15, 0.2) is 0 Å². The molecule has 2 heterocycles. The summed E-state index contributed by atoms with van der Waals surface area (Å²) in [5, 5.41) is 0. The molecule has 0 bridgehead atoms. The highest BCUT2D eigenvalue weighted by Crippen LogP contribution is 2.01. The Bertz CT molecular complexity index is 299. The predicted molar refractivity (Wildman–Crippen MR) is 63.9 cm³/mol. The summed E-state index contributed by atoms with van der Waals surface area (Å²) in [5.74, 6) is -0.250. The standard InChI is InChI=1S/C12H18N2O4/c15-11(13-3-7-17-8-4-13)1-2-12(16)14-5-9-18-10-6-14/h1-2H,3-10H2. The van der Waals surface area contributed by atoms with Gasteiger partial charge < -0.3 is 19.3 Å². The van der Waals surface area contributed by atoms with Crippen molar-refractivity contribution in [1.29, 1.82) is 0 Å². The van der Waals surface area contributed by atoms with Crippen molar-refractivity contribution < 1.29 is 19.1 Å². The van der Waals surface area contributed by atoms with Crippen LogP contribution in [0, 0.1) is 0 Å². The minimum Gasteiger partial charge on any atom is -0.378 e. The second kappa shape index (κ2) is 6.51. The number of nitrogens with zero attached hydrogens (tertiary/aromatic N) is 2. The Morgan fingerprint density at radius 1 is 0.722 bits per heavy atom. The molecule has 0 N–H and O–H groups in total. The van der Waals surface area contributed by atoms with Gasteiger partial charge in [0.1, 0.15) is 0 Å². The molecule has 0 radical (unpaired) electrons. The van der Waals surface area contributed by atoms with E-state index in [0.29, 0.717) is 52.6 Å². The zero-order valence-corrected chi connectivity index (χ0v) is 10.3. The van der Waals surface area contributed by atoms with E-state index in [1.165, 1.54) is 12.2 Å². The third-order valence-electron chi connectivity index (χ3n) is 3.01. The molecule has 18 heavy (non-hydrogen) atoms. The van der Waals surface area contributed by atoms with Gasteiger partial charge in [-0.05, 0) is 0 Å². The fraction of sp³-hybridized carbons (Fsp3) is 0.667. The van der Waals surface area contributed by atoms with E-state index in [4.69, 9.17) is 9.47 Å². The maximum absolute atomic E-state index is 11.8. The van der Waals surface area contributed by atoms with Crippen LogP contribution >= 0.6 is 0 Å². The quantitative estimate of drug-likeness (QED) is 0.609. The maximum atomic E-state index is 11.8. The van der Waals surface area contributed by atoms with Crippen LogP contribution in [-0.4, -0.2) is 74.2 Å². The lowest BCUT2D eigenvalue weighted by atomic mass is 10.3. The predicted octanol–water partition coefficient (Wildman–Crippen LogP) is -0.740. The highest BCUT2D eigenvalue weighted by atomic mass is 16.5. The first-order valence-electron chi connectivity index (χ1n) is 6.19. The second-order valence-electron chi connectivity index (χ2n) is 4.21. The van der Waals surface area contributed by atoms with Crippen LogP contribution in [0.3, 0.4) is 0 Å². The first-order chi connectivity index (χ1) is 8.77. The van der Waals surface area contributed by atoms with Gasteiger partial charge in [0, 0.05) is 38.3 Å². The Hall–Kier alpha value is -1.40. The van der Waals surface area contributed by atoms with Crippen LogP contribution in [0.2, 0.25) is 0 Å². The number of hydrogen-bond donors (Lipinski definition) is 0. The summed E-state index contributed by atoms with van der Waals surface area (Å²) in [4.78, 5) is 26.9. The summed E-state index contributed by atoms with van der Waals surface area (Å²) in [5.41, 5.74) is 0. The molecule has 6 heteroatoms. The average Bonchev–Trinajstić information content (AvgIpc) is 2.46. The van der Waals surface area contributed by atoms with E-state index in [9.17, 15) is 9.59 Å². The van der Waals surface area contributed by atoms with Gasteiger partial charge in [-0.3, -0.25) is 9.59 Å². The molecule has 0 saturated carbocycles. The zero-order valence-electron chi connectivity index (χ0n) is 10.3. The van der Waals surface area contributed by atoms with E-state index in [1.807, 2.05) is 0 Å². The van der Waals surface area contributed by atoms with Crippen molar-refractivity contribution in [3.63, 3.8) is 0 Å². The first kappa shape index (κ1) is 13.0. The third kappa shape index (κ3) is 3.54. The van der Waals surface area contributed by atoms with Gasteiger partial charge in [0.25, 0.3) is 0 Å². The average molecular weight is 254 g/mol. The molecule has 0 aromatic carbocycles. The van der Waals surface area contributed by atoms with E-state index >= 15 is 0 Å². The van der Waals surface area contributed by atoms with Gasteiger partial charge in [-0.1, -0.05) is 0 Å². The van der Waals surface area contributed by atoms with Crippen LogP contribution < -0.4 is 0 Å². The number of amides is 2. The number of rotatable bonds is 2. The summed E-state index contributed by atoms with van der Waals surface area (Å²) >= 11 is 0. The van der Waals surface area contributed by atoms with E-state index in [0.717, 1.165) is 0 Å². The Balaban J connectivity index is 1.81. The van der Waals surface area contributed by atoms with E-state index in [1.54, 1.807) is 9.80 Å². The molecule has 2 saturated heterocycles. The van der Waals surface area contributed by atoms with Crippen LogP contribution in [0.25, 0.3) is 0 Å². The molecule has 2 aliphatic rings. The summed E-state index contributed by atoms with van der Waals surface area (Å²) in [7, 11) is 0. The van der Waals surface area contributed by atoms with Crippen molar-refractivity contribution in [2.75, 3.05) is 52.6 Å². The molecule has 2 fully saturated rings. The Kier molecular flexibility index (Phi) is 4.72. The summed E-state index contributed by atoms with van der Waals surface area (Å²) in [6, 6.07) is 0. The first-order valence-corrected chi connectivity index (χ1v) is 6.19. The molecule has 2 amide bonds. The molecule has 2 rings (SSSR count). The van der Waals surface area contributed by atoms with Gasteiger partial charge in [-0.25, -0.2) is 0 Å². The number of carbonyl (C=O) groups excluding carboxylic acids is 2. The van der Waals surface area contributed by atoms with Crippen molar-refractivity contribution in [3.05, 3.63) is 12.2 Å². The lowest BCUT2D eigenvalue weighted by Gasteiger charge is -2.26. The second-order valence-corrected chi connectivity index (χ2v) is 4.21. The molecule has 100 valence electrons. The smallest absolute Gasteiger partial charge is 0.246 e. The molecule has 0 aromatic rings. The minimum atomic E-state index is -0.125. The van der Waals surface area contributed by atoms with Gasteiger partial charge >= 0.3 is 0 Å². The molecule has 0 aromatic heterocycles. The van der Waals surface area contributed by atoms with E-state index < -0.39 is 0 Å². The van der Waals surface area contributed by atoms with Crippen LogP contribution in [0.1, 0.15) is 0 Å². The molecule has 0 spiro atoms. The SMILES string of the molecule is O=C(C=CC(=O)N1CCOCC1)N1CCOCC1. The van der Waals surface area contributed by atoms with Crippen molar-refractivity contribution >= 4 is 11.8 Å². The lowest BCUT2D eigenvalue weighted by Crippen LogP contribution is -2.41. The molecule has 6 nitrogen and oxygen atoms in total. The monoisotopic (exact) mass is 254 g/mol.